The molecule has 0 aromatic heterocycles. The fourth-order valence-corrected chi connectivity index (χ4v) is 0.739. The van der Waals surface area contributed by atoms with E-state index in [2.05, 4.69) is 0 Å². The summed E-state index contributed by atoms with van der Waals surface area (Å²) in [6.07, 6.45) is 0. The molecule has 0 aliphatic heterocycles. The van der Waals surface area contributed by atoms with Crippen LogP contribution in [0.15, 0.2) is 0 Å². The minimum absolute atomic E-state index is 0.00926. The maximum absolute atomic E-state index is 11.5. The second-order valence-electron chi connectivity index (χ2n) is 4.15. The lowest BCUT2D eigenvalue weighted by Crippen LogP contribution is -2.45. The first-order valence-electron chi connectivity index (χ1n) is 4.19. The Hall–Kier alpha value is -0.570. The highest BCUT2D eigenvalue weighted by Gasteiger charge is 2.25. The molecule has 0 bridgehead atoms. The normalized spacial score (nSPS) is 14.2. The highest BCUT2D eigenvalue weighted by atomic mass is 16.3. The maximum atomic E-state index is 11.5. The van der Waals surface area contributed by atoms with E-state index in [1.807, 2.05) is 20.8 Å². The van der Waals surface area contributed by atoms with Gasteiger partial charge in [0.15, 0.2) is 0 Å². The van der Waals surface area contributed by atoms with Crippen molar-refractivity contribution in [3.63, 3.8) is 0 Å². The summed E-state index contributed by atoms with van der Waals surface area (Å²) in [6, 6.07) is 0. The summed E-state index contributed by atoms with van der Waals surface area (Å²) in [5, 5.41) is 8.77. The van der Waals surface area contributed by atoms with Crippen molar-refractivity contribution in [3.8, 4) is 0 Å². The first kappa shape index (κ1) is 11.4. The van der Waals surface area contributed by atoms with E-state index in [1.165, 1.54) is 0 Å². The van der Waals surface area contributed by atoms with Crippen LogP contribution in [-0.2, 0) is 4.79 Å². The van der Waals surface area contributed by atoms with Gasteiger partial charge in [0.2, 0.25) is 5.91 Å². The molecule has 0 aliphatic carbocycles. The fourth-order valence-electron chi connectivity index (χ4n) is 0.739. The van der Waals surface area contributed by atoms with E-state index in [0.717, 1.165) is 0 Å². The summed E-state index contributed by atoms with van der Waals surface area (Å²) in [7, 11) is 1.76. The van der Waals surface area contributed by atoms with Crippen molar-refractivity contribution in [2.24, 2.45) is 5.92 Å². The smallest absolute Gasteiger partial charge is 0.227 e. The van der Waals surface area contributed by atoms with Crippen LogP contribution < -0.4 is 0 Å². The molecular formula is C9H19NO2. The molecule has 3 heteroatoms. The molecule has 1 atom stereocenters. The van der Waals surface area contributed by atoms with Gasteiger partial charge in [0.05, 0.1) is 12.5 Å². The largest absolute Gasteiger partial charge is 0.396 e. The number of hydrogen-bond donors (Lipinski definition) is 1. The molecular weight excluding hydrogens is 154 g/mol. The Morgan fingerprint density at radius 3 is 2.17 bits per heavy atom. The Morgan fingerprint density at radius 2 is 1.92 bits per heavy atom. The molecule has 1 amide bonds. The summed E-state index contributed by atoms with van der Waals surface area (Å²) in [6.45, 7) is 7.54. The van der Waals surface area contributed by atoms with Gasteiger partial charge in [0, 0.05) is 12.6 Å². The number of amides is 1. The van der Waals surface area contributed by atoms with Gasteiger partial charge in [-0.3, -0.25) is 4.79 Å². The molecule has 0 saturated heterocycles. The standard InChI is InChI=1S/C9H19NO2/c1-7(6-11)8(12)10(5)9(2,3)4/h7,11H,6H2,1-5H3/t7-/m1/s1. The molecule has 72 valence electrons. The third-order valence-electron chi connectivity index (χ3n) is 2.03. The van der Waals surface area contributed by atoms with Crippen LogP contribution in [0.3, 0.4) is 0 Å². The monoisotopic (exact) mass is 173 g/mol. The van der Waals surface area contributed by atoms with Gasteiger partial charge in [-0.15, -0.1) is 0 Å². The minimum Gasteiger partial charge on any atom is -0.396 e. The third kappa shape index (κ3) is 2.81. The van der Waals surface area contributed by atoms with Crippen molar-refractivity contribution in [2.45, 2.75) is 33.2 Å². The van der Waals surface area contributed by atoms with Gasteiger partial charge < -0.3 is 10.0 Å². The van der Waals surface area contributed by atoms with E-state index in [1.54, 1.807) is 18.9 Å². The number of hydrogen-bond acceptors (Lipinski definition) is 2. The Balaban J connectivity index is 4.30. The van der Waals surface area contributed by atoms with Crippen LogP contribution in [0.5, 0.6) is 0 Å². The SMILES string of the molecule is C[C@H](CO)C(=O)N(C)C(C)(C)C. The van der Waals surface area contributed by atoms with Gasteiger partial charge in [-0.05, 0) is 20.8 Å². The van der Waals surface area contributed by atoms with Crippen LogP contribution in [0.4, 0.5) is 0 Å². The van der Waals surface area contributed by atoms with Crippen molar-refractivity contribution >= 4 is 5.91 Å². The molecule has 0 heterocycles. The molecule has 0 rings (SSSR count). The first-order valence-corrected chi connectivity index (χ1v) is 4.19. The number of aliphatic hydroxyl groups is 1. The molecule has 0 aromatic rings. The molecule has 12 heavy (non-hydrogen) atoms. The zero-order chi connectivity index (χ0) is 9.94. The van der Waals surface area contributed by atoms with E-state index < -0.39 is 0 Å². The molecule has 0 aliphatic rings. The summed E-state index contributed by atoms with van der Waals surface area (Å²) < 4.78 is 0. The van der Waals surface area contributed by atoms with Crippen LogP contribution in [0, 0.1) is 5.92 Å². The van der Waals surface area contributed by atoms with Gasteiger partial charge in [-0.1, -0.05) is 6.92 Å². The summed E-state index contributed by atoms with van der Waals surface area (Å²) in [5.41, 5.74) is -0.166. The van der Waals surface area contributed by atoms with E-state index in [9.17, 15) is 4.79 Å². The zero-order valence-electron chi connectivity index (χ0n) is 8.59. The van der Waals surface area contributed by atoms with Gasteiger partial charge in [0.25, 0.3) is 0 Å². The van der Waals surface area contributed by atoms with Crippen LogP contribution in [0.25, 0.3) is 0 Å². The molecule has 0 spiro atoms. The number of carbonyl (C=O) groups excluding carboxylic acids is 1. The Morgan fingerprint density at radius 1 is 1.50 bits per heavy atom. The van der Waals surface area contributed by atoms with Crippen molar-refractivity contribution < 1.29 is 9.90 Å². The van der Waals surface area contributed by atoms with Crippen molar-refractivity contribution in [3.05, 3.63) is 0 Å². The highest BCUT2D eigenvalue weighted by Crippen LogP contribution is 2.13. The molecule has 0 fully saturated rings. The fraction of sp³-hybridized carbons (Fsp3) is 0.889. The lowest BCUT2D eigenvalue weighted by molar-refractivity contribution is -0.139. The Labute approximate surface area is 74.4 Å². The average molecular weight is 173 g/mol. The zero-order valence-corrected chi connectivity index (χ0v) is 8.59. The molecule has 1 N–H and O–H groups in total. The second kappa shape index (κ2) is 3.90. The van der Waals surface area contributed by atoms with E-state index in [0.29, 0.717) is 0 Å². The first-order chi connectivity index (χ1) is 5.30. The Kier molecular flexibility index (Phi) is 3.71. The molecule has 0 saturated carbocycles. The van der Waals surface area contributed by atoms with Crippen molar-refractivity contribution in [1.29, 1.82) is 0 Å². The molecule has 3 nitrogen and oxygen atoms in total. The summed E-state index contributed by atoms with van der Waals surface area (Å²) in [4.78, 5) is 13.1. The Bertz CT molecular complexity index is 160. The topological polar surface area (TPSA) is 40.5 Å². The predicted molar refractivity (Wildman–Crippen MR) is 48.8 cm³/mol. The predicted octanol–water partition coefficient (Wildman–Crippen LogP) is 0.872. The van der Waals surface area contributed by atoms with Crippen LogP contribution in [-0.4, -0.2) is 35.1 Å². The summed E-state index contributed by atoms with van der Waals surface area (Å²) in [5.74, 6) is -0.306. The van der Waals surface area contributed by atoms with Gasteiger partial charge in [0.1, 0.15) is 0 Å². The third-order valence-corrected chi connectivity index (χ3v) is 2.03. The average Bonchev–Trinajstić information content (AvgIpc) is 1.98. The highest BCUT2D eigenvalue weighted by molar-refractivity contribution is 5.78. The molecule has 0 unspecified atom stereocenters. The number of carbonyl (C=O) groups is 1. The van der Waals surface area contributed by atoms with Gasteiger partial charge >= 0.3 is 0 Å². The van der Waals surface area contributed by atoms with E-state index in [4.69, 9.17) is 5.11 Å². The van der Waals surface area contributed by atoms with Crippen LogP contribution in [0.2, 0.25) is 0 Å². The van der Waals surface area contributed by atoms with Crippen molar-refractivity contribution in [2.75, 3.05) is 13.7 Å². The molecule has 0 aromatic carbocycles. The molecule has 0 radical (unpaired) electrons. The lowest BCUT2D eigenvalue weighted by Gasteiger charge is -2.33. The minimum atomic E-state index is -0.297. The van der Waals surface area contributed by atoms with Crippen LogP contribution >= 0.6 is 0 Å². The van der Waals surface area contributed by atoms with Gasteiger partial charge in [-0.25, -0.2) is 0 Å². The van der Waals surface area contributed by atoms with Crippen molar-refractivity contribution in [1.82, 2.24) is 4.90 Å². The number of aliphatic hydroxyl groups excluding tert-OH is 1. The van der Waals surface area contributed by atoms with E-state index in [-0.39, 0.29) is 24.0 Å². The lowest BCUT2D eigenvalue weighted by atomic mass is 10.0. The second-order valence-corrected chi connectivity index (χ2v) is 4.15. The number of rotatable bonds is 2. The van der Waals surface area contributed by atoms with Crippen LogP contribution in [0.1, 0.15) is 27.7 Å². The van der Waals surface area contributed by atoms with E-state index >= 15 is 0 Å². The number of nitrogens with zero attached hydrogens (tertiary/aromatic N) is 1. The maximum Gasteiger partial charge on any atom is 0.227 e. The summed E-state index contributed by atoms with van der Waals surface area (Å²) >= 11 is 0. The quantitative estimate of drug-likeness (QED) is 0.673. The van der Waals surface area contributed by atoms with Gasteiger partial charge in [-0.2, -0.15) is 0 Å².